The second kappa shape index (κ2) is 7.94. The van der Waals surface area contributed by atoms with E-state index in [0.29, 0.717) is 0 Å². The summed E-state index contributed by atoms with van der Waals surface area (Å²) in [5.74, 6) is 0. The molecule has 1 aromatic heterocycles. The van der Waals surface area contributed by atoms with Crippen LogP contribution in [0.1, 0.15) is 20.8 Å². The Balaban J connectivity index is 2.10. The van der Waals surface area contributed by atoms with Crippen molar-refractivity contribution in [3.05, 3.63) is 97.2 Å². The number of pyridine rings is 1. The Kier molecular flexibility index (Phi) is 5.36. The Morgan fingerprint density at radius 3 is 1.90 bits per heavy atom. The molecule has 4 heteroatoms. The Morgan fingerprint density at radius 1 is 0.724 bits per heavy atom. The molecule has 0 atom stereocenters. The van der Waals surface area contributed by atoms with Crippen LogP contribution in [0, 0.1) is 0 Å². The highest BCUT2D eigenvalue weighted by molar-refractivity contribution is 7.79. The summed E-state index contributed by atoms with van der Waals surface area (Å²) in [5, 5.41) is 7.44. The lowest BCUT2D eigenvalue weighted by molar-refractivity contribution is 0.529. The van der Waals surface area contributed by atoms with E-state index in [1.807, 2.05) is 12.3 Å². The van der Waals surface area contributed by atoms with Crippen LogP contribution >= 0.6 is 7.21 Å². The standard InChI is InChI=1S/C25H26N3P/c1-25(2,3)28-29(21-14-6-4-7-15-21,22-16-8-5-9-17-22)27-23-18-10-12-20-13-11-19-26-24(20)23/h4-19,28H,1-3H3. The summed E-state index contributed by atoms with van der Waals surface area (Å²) < 4.78 is 5.48. The topological polar surface area (TPSA) is 37.3 Å². The summed E-state index contributed by atoms with van der Waals surface area (Å²) in [6.45, 7) is 6.60. The molecule has 0 saturated carbocycles. The Morgan fingerprint density at radius 2 is 1.31 bits per heavy atom. The fraction of sp³-hybridized carbons (Fsp3) is 0.160. The highest BCUT2D eigenvalue weighted by Gasteiger charge is 2.29. The van der Waals surface area contributed by atoms with Gasteiger partial charge in [-0.1, -0.05) is 78.9 Å². The maximum absolute atomic E-state index is 5.48. The quantitative estimate of drug-likeness (QED) is 0.426. The molecule has 0 aliphatic heterocycles. The number of rotatable bonds is 4. The van der Waals surface area contributed by atoms with Crippen molar-refractivity contribution >= 4 is 34.4 Å². The van der Waals surface area contributed by atoms with Crippen LogP contribution in [-0.4, -0.2) is 10.5 Å². The predicted molar refractivity (Wildman–Crippen MR) is 126 cm³/mol. The number of benzene rings is 3. The van der Waals surface area contributed by atoms with Gasteiger partial charge in [0.05, 0.1) is 18.4 Å². The molecule has 0 bridgehead atoms. The van der Waals surface area contributed by atoms with Crippen molar-refractivity contribution < 1.29 is 0 Å². The minimum atomic E-state index is -2.31. The van der Waals surface area contributed by atoms with E-state index in [1.165, 1.54) is 10.6 Å². The van der Waals surface area contributed by atoms with Gasteiger partial charge >= 0.3 is 0 Å². The molecule has 0 fully saturated rings. The van der Waals surface area contributed by atoms with E-state index in [0.717, 1.165) is 16.6 Å². The van der Waals surface area contributed by atoms with Gasteiger partial charge in [0.25, 0.3) is 0 Å². The number of aromatic nitrogens is 1. The SMILES string of the molecule is CC(C)(C)NP(=Nc1cccc2cccnc12)(c1ccccc1)c1ccccc1. The van der Waals surface area contributed by atoms with Crippen molar-refractivity contribution in [2.45, 2.75) is 26.3 Å². The smallest absolute Gasteiger partial charge is 0.0958 e. The maximum Gasteiger partial charge on any atom is 0.0958 e. The zero-order valence-electron chi connectivity index (χ0n) is 17.1. The summed E-state index contributed by atoms with van der Waals surface area (Å²) in [6.07, 6.45) is 1.84. The molecule has 0 saturated heterocycles. The van der Waals surface area contributed by atoms with Gasteiger partial charge in [-0.05, 0) is 32.9 Å². The third kappa shape index (κ3) is 4.17. The highest BCUT2D eigenvalue weighted by Crippen LogP contribution is 2.48. The fourth-order valence-corrected chi connectivity index (χ4v) is 7.02. The third-order valence-corrected chi connectivity index (χ3v) is 8.23. The van der Waals surface area contributed by atoms with Crippen LogP contribution in [0.25, 0.3) is 10.9 Å². The van der Waals surface area contributed by atoms with E-state index < -0.39 is 7.21 Å². The Bertz CT molecular complexity index is 1110. The van der Waals surface area contributed by atoms with Crippen LogP contribution in [0.5, 0.6) is 0 Å². The highest BCUT2D eigenvalue weighted by atomic mass is 31.2. The number of fused-ring (bicyclic) bond motifs is 1. The molecule has 1 N–H and O–H groups in total. The van der Waals surface area contributed by atoms with Gasteiger partial charge in [0.1, 0.15) is 0 Å². The fourth-order valence-electron chi connectivity index (χ4n) is 3.52. The molecule has 0 unspecified atom stereocenters. The lowest BCUT2D eigenvalue weighted by atomic mass is 10.1. The normalized spacial score (nSPS) is 12.1. The zero-order valence-corrected chi connectivity index (χ0v) is 18.0. The first kappa shape index (κ1) is 19.6. The van der Waals surface area contributed by atoms with Crippen LogP contribution in [0.2, 0.25) is 0 Å². The number of hydrogen-bond donors (Lipinski definition) is 1. The molecule has 0 radical (unpaired) electrons. The van der Waals surface area contributed by atoms with E-state index in [1.54, 1.807) is 0 Å². The van der Waals surface area contributed by atoms with Gasteiger partial charge in [-0.2, -0.15) is 0 Å². The lowest BCUT2D eigenvalue weighted by Crippen LogP contribution is -2.40. The molecule has 0 aliphatic carbocycles. The van der Waals surface area contributed by atoms with Gasteiger partial charge in [0.2, 0.25) is 0 Å². The molecular weight excluding hydrogens is 373 g/mol. The summed E-state index contributed by atoms with van der Waals surface area (Å²) >= 11 is 0. The van der Waals surface area contributed by atoms with Crippen LogP contribution in [0.4, 0.5) is 5.69 Å². The molecule has 1 heterocycles. The van der Waals surface area contributed by atoms with Crippen molar-refractivity contribution in [2.75, 3.05) is 0 Å². The van der Waals surface area contributed by atoms with E-state index in [-0.39, 0.29) is 5.54 Å². The summed E-state index contributed by atoms with van der Waals surface area (Å²) in [5.41, 5.74) is 1.73. The zero-order chi connectivity index (χ0) is 20.3. The van der Waals surface area contributed by atoms with E-state index in [9.17, 15) is 0 Å². The van der Waals surface area contributed by atoms with Gasteiger partial charge in [0.15, 0.2) is 0 Å². The molecule has 4 rings (SSSR count). The molecule has 0 amide bonds. The minimum Gasteiger partial charge on any atom is -0.271 e. The Labute approximate surface area is 173 Å². The summed E-state index contributed by atoms with van der Waals surface area (Å²) in [6, 6.07) is 31.5. The van der Waals surface area contributed by atoms with Gasteiger partial charge in [-0.15, -0.1) is 0 Å². The van der Waals surface area contributed by atoms with Crippen molar-refractivity contribution in [1.29, 1.82) is 0 Å². The number of para-hydroxylation sites is 1. The molecule has 3 nitrogen and oxygen atoms in total. The average Bonchev–Trinajstić information content (AvgIpc) is 2.74. The van der Waals surface area contributed by atoms with Crippen LogP contribution < -0.4 is 15.7 Å². The largest absolute Gasteiger partial charge is 0.271 e. The molecule has 29 heavy (non-hydrogen) atoms. The predicted octanol–water partition coefficient (Wildman–Crippen LogP) is 6.02. The number of nitrogens with zero attached hydrogens (tertiary/aromatic N) is 2. The van der Waals surface area contributed by atoms with Crippen LogP contribution in [0.3, 0.4) is 0 Å². The van der Waals surface area contributed by atoms with Gasteiger partial charge in [-0.25, -0.2) is 4.74 Å². The van der Waals surface area contributed by atoms with Crippen molar-refractivity contribution in [1.82, 2.24) is 10.1 Å². The van der Waals surface area contributed by atoms with E-state index in [2.05, 4.69) is 116 Å². The number of nitrogens with one attached hydrogen (secondary N) is 1. The second-order valence-corrected chi connectivity index (χ2v) is 10.8. The second-order valence-electron chi connectivity index (χ2n) is 8.12. The van der Waals surface area contributed by atoms with Gasteiger partial charge in [-0.3, -0.25) is 10.1 Å². The molecule has 3 aromatic carbocycles. The molecule has 0 spiro atoms. The Hall–Kier alpha value is -2.74. The molecule has 4 aromatic rings. The lowest BCUT2D eigenvalue weighted by Gasteiger charge is -2.34. The minimum absolute atomic E-state index is 0.124. The van der Waals surface area contributed by atoms with Crippen LogP contribution in [0.15, 0.2) is 102 Å². The summed E-state index contributed by atoms with van der Waals surface area (Å²) in [7, 11) is -2.31. The van der Waals surface area contributed by atoms with Crippen molar-refractivity contribution in [3.63, 3.8) is 0 Å². The van der Waals surface area contributed by atoms with Crippen LogP contribution in [-0.2, 0) is 0 Å². The first-order valence-electron chi connectivity index (χ1n) is 9.85. The third-order valence-electron chi connectivity index (χ3n) is 4.63. The molecular formula is C25H26N3P. The van der Waals surface area contributed by atoms with E-state index in [4.69, 9.17) is 4.74 Å². The van der Waals surface area contributed by atoms with E-state index >= 15 is 0 Å². The monoisotopic (exact) mass is 399 g/mol. The average molecular weight is 399 g/mol. The van der Waals surface area contributed by atoms with Crippen molar-refractivity contribution in [3.8, 4) is 0 Å². The van der Waals surface area contributed by atoms with Crippen molar-refractivity contribution in [2.24, 2.45) is 4.74 Å². The first-order chi connectivity index (χ1) is 14.0. The summed E-state index contributed by atoms with van der Waals surface area (Å²) in [4.78, 5) is 4.65. The molecule has 0 aliphatic rings. The first-order valence-corrected chi connectivity index (χ1v) is 11.6. The van der Waals surface area contributed by atoms with Gasteiger partial charge < -0.3 is 0 Å². The molecule has 146 valence electrons. The number of hydrogen-bond acceptors (Lipinski definition) is 2. The maximum atomic E-state index is 5.48. The van der Waals surface area contributed by atoms with Gasteiger partial charge in [0, 0.05) is 27.7 Å².